The van der Waals surface area contributed by atoms with E-state index in [9.17, 15) is 4.79 Å². The number of nitrogens with one attached hydrogen (secondary N) is 1. The van der Waals surface area contributed by atoms with E-state index < -0.39 is 5.91 Å². The first-order chi connectivity index (χ1) is 14.2. The van der Waals surface area contributed by atoms with Gasteiger partial charge in [-0.3, -0.25) is 4.79 Å². The molecule has 4 aromatic rings. The van der Waals surface area contributed by atoms with Gasteiger partial charge in [0.1, 0.15) is 5.75 Å². The summed E-state index contributed by atoms with van der Waals surface area (Å²) in [6.07, 6.45) is 3.49. The predicted octanol–water partition coefficient (Wildman–Crippen LogP) is 4.00. The molecule has 29 heavy (non-hydrogen) atoms. The first-order valence-corrected chi connectivity index (χ1v) is 8.91. The number of furan rings is 1. The van der Waals surface area contributed by atoms with Crippen molar-refractivity contribution >= 4 is 23.1 Å². The van der Waals surface area contributed by atoms with Gasteiger partial charge in [0.2, 0.25) is 0 Å². The maximum atomic E-state index is 12.4. The number of hydrogen-bond acceptors (Lipinski definition) is 5. The van der Waals surface area contributed by atoms with E-state index in [1.165, 1.54) is 0 Å². The van der Waals surface area contributed by atoms with E-state index in [1.54, 1.807) is 32.6 Å². The molecular weight excluding hydrogens is 370 g/mol. The second-order valence-corrected chi connectivity index (χ2v) is 6.19. The van der Waals surface area contributed by atoms with Crippen molar-refractivity contribution in [3.05, 3.63) is 78.3 Å². The largest absolute Gasteiger partial charge is 0.497 e. The smallest absolute Gasteiger partial charge is 0.307 e. The van der Waals surface area contributed by atoms with Crippen molar-refractivity contribution in [3.8, 4) is 17.2 Å². The summed E-state index contributed by atoms with van der Waals surface area (Å²) in [5.74, 6) is 1.07. The van der Waals surface area contributed by atoms with Crippen molar-refractivity contribution in [1.29, 1.82) is 0 Å². The fourth-order valence-electron chi connectivity index (χ4n) is 3.00. The third-order valence-corrected chi connectivity index (χ3v) is 4.45. The molecule has 0 saturated carbocycles. The molecule has 0 bridgehead atoms. The Bertz CT molecular complexity index is 1170. The van der Waals surface area contributed by atoms with E-state index in [0.717, 1.165) is 22.5 Å². The molecule has 0 atom stereocenters. The van der Waals surface area contributed by atoms with Crippen LogP contribution in [0.2, 0.25) is 0 Å². The first kappa shape index (κ1) is 18.4. The van der Waals surface area contributed by atoms with E-state index in [0.29, 0.717) is 11.3 Å². The van der Waals surface area contributed by atoms with Gasteiger partial charge in [0.15, 0.2) is 17.1 Å². The Kier molecular flexibility index (Phi) is 5.03. The molecule has 0 aliphatic heterocycles. The molecule has 7 heteroatoms. The molecule has 7 nitrogen and oxygen atoms in total. The van der Waals surface area contributed by atoms with E-state index >= 15 is 0 Å². The molecule has 1 amide bonds. The lowest BCUT2D eigenvalue weighted by Gasteiger charge is -2.07. The van der Waals surface area contributed by atoms with E-state index in [1.807, 2.05) is 59.3 Å². The highest BCUT2D eigenvalue weighted by molar-refractivity contribution is 5.97. The van der Waals surface area contributed by atoms with Crippen LogP contribution in [0.4, 0.5) is 0 Å². The van der Waals surface area contributed by atoms with Gasteiger partial charge in [0.25, 0.3) is 0 Å². The number of hydrazone groups is 1. The number of carbonyl (C=O) groups is 1. The SMILES string of the molecule is COc1ccc(-n2cccc2/C=N/NC(=O)c2cc3cccc(OC)c3o2)cc1. The second kappa shape index (κ2) is 7.93. The lowest BCUT2D eigenvalue weighted by atomic mass is 10.2. The highest BCUT2D eigenvalue weighted by Crippen LogP contribution is 2.28. The van der Waals surface area contributed by atoms with Gasteiger partial charge < -0.3 is 18.5 Å². The Morgan fingerprint density at radius 1 is 1.07 bits per heavy atom. The van der Waals surface area contributed by atoms with Gasteiger partial charge in [-0.25, -0.2) is 5.43 Å². The molecule has 0 unspecified atom stereocenters. The van der Waals surface area contributed by atoms with E-state index in [2.05, 4.69) is 10.5 Å². The number of nitrogens with zero attached hydrogens (tertiary/aromatic N) is 2. The summed E-state index contributed by atoms with van der Waals surface area (Å²) < 4.78 is 18.0. The van der Waals surface area contributed by atoms with Gasteiger partial charge in [-0.1, -0.05) is 12.1 Å². The Morgan fingerprint density at radius 2 is 1.90 bits per heavy atom. The third kappa shape index (κ3) is 3.70. The molecule has 2 aromatic carbocycles. The molecule has 0 fully saturated rings. The predicted molar refractivity (Wildman–Crippen MR) is 110 cm³/mol. The molecule has 0 aliphatic rings. The summed E-state index contributed by atoms with van der Waals surface area (Å²) in [7, 11) is 3.18. The lowest BCUT2D eigenvalue weighted by Crippen LogP contribution is -2.17. The molecule has 1 N–H and O–H groups in total. The van der Waals surface area contributed by atoms with Crippen molar-refractivity contribution in [2.24, 2.45) is 5.10 Å². The Balaban J connectivity index is 1.49. The fraction of sp³-hybridized carbons (Fsp3) is 0.0909. The molecule has 0 aliphatic carbocycles. The molecule has 146 valence electrons. The average molecular weight is 389 g/mol. The summed E-state index contributed by atoms with van der Waals surface area (Å²) >= 11 is 0. The van der Waals surface area contributed by atoms with Crippen molar-refractivity contribution in [1.82, 2.24) is 9.99 Å². The maximum Gasteiger partial charge on any atom is 0.307 e. The zero-order valence-corrected chi connectivity index (χ0v) is 16.0. The lowest BCUT2D eigenvalue weighted by molar-refractivity contribution is 0.0929. The van der Waals surface area contributed by atoms with Gasteiger partial charge in [0, 0.05) is 17.3 Å². The summed E-state index contributed by atoms with van der Waals surface area (Å²) in [6, 6.07) is 18.6. The molecule has 0 radical (unpaired) electrons. The highest BCUT2D eigenvalue weighted by Gasteiger charge is 2.14. The summed E-state index contributed by atoms with van der Waals surface area (Å²) in [4.78, 5) is 12.4. The highest BCUT2D eigenvalue weighted by atomic mass is 16.5. The number of aromatic nitrogens is 1. The van der Waals surface area contributed by atoms with Crippen LogP contribution in [0.1, 0.15) is 16.2 Å². The van der Waals surface area contributed by atoms with Crippen LogP contribution < -0.4 is 14.9 Å². The Hall–Kier alpha value is -4.00. The van der Waals surface area contributed by atoms with Crippen LogP contribution >= 0.6 is 0 Å². The van der Waals surface area contributed by atoms with Crippen LogP contribution in [-0.2, 0) is 0 Å². The Labute approximate surface area is 167 Å². The summed E-state index contributed by atoms with van der Waals surface area (Å²) in [6.45, 7) is 0. The molecule has 0 saturated heterocycles. The van der Waals surface area contributed by atoms with E-state index in [-0.39, 0.29) is 5.76 Å². The van der Waals surface area contributed by atoms with Gasteiger partial charge in [-0.05, 0) is 48.5 Å². The Morgan fingerprint density at radius 3 is 2.66 bits per heavy atom. The zero-order chi connectivity index (χ0) is 20.2. The van der Waals surface area contributed by atoms with Crippen LogP contribution in [0.3, 0.4) is 0 Å². The van der Waals surface area contributed by atoms with Crippen molar-refractivity contribution in [3.63, 3.8) is 0 Å². The minimum Gasteiger partial charge on any atom is -0.497 e. The number of ether oxygens (including phenoxy) is 2. The second-order valence-electron chi connectivity index (χ2n) is 6.19. The molecule has 2 aromatic heterocycles. The van der Waals surface area contributed by atoms with E-state index in [4.69, 9.17) is 13.9 Å². The van der Waals surface area contributed by atoms with Gasteiger partial charge in [-0.15, -0.1) is 0 Å². The first-order valence-electron chi connectivity index (χ1n) is 8.91. The van der Waals surface area contributed by atoms with Gasteiger partial charge in [-0.2, -0.15) is 5.10 Å². The summed E-state index contributed by atoms with van der Waals surface area (Å²) in [5.41, 5.74) is 4.78. The number of hydrogen-bond donors (Lipinski definition) is 1. The number of rotatable bonds is 6. The van der Waals surface area contributed by atoms with Crippen LogP contribution in [0.15, 0.2) is 76.4 Å². The topological polar surface area (TPSA) is 78.0 Å². The zero-order valence-electron chi connectivity index (χ0n) is 16.0. The number of fused-ring (bicyclic) bond motifs is 1. The third-order valence-electron chi connectivity index (χ3n) is 4.45. The van der Waals surface area contributed by atoms with Crippen LogP contribution in [0.5, 0.6) is 11.5 Å². The van der Waals surface area contributed by atoms with Gasteiger partial charge >= 0.3 is 5.91 Å². The maximum absolute atomic E-state index is 12.4. The number of para-hydroxylation sites is 1. The van der Waals surface area contributed by atoms with Crippen LogP contribution in [0.25, 0.3) is 16.7 Å². The van der Waals surface area contributed by atoms with Gasteiger partial charge in [0.05, 0.1) is 26.1 Å². The molecule has 0 spiro atoms. The quantitative estimate of drug-likeness (QED) is 0.399. The number of amides is 1. The van der Waals surface area contributed by atoms with Crippen molar-refractivity contribution < 1.29 is 18.7 Å². The molecule has 4 rings (SSSR count). The number of carbonyl (C=O) groups excluding carboxylic acids is 1. The molecular formula is C22H19N3O4. The minimum absolute atomic E-state index is 0.159. The normalized spacial score (nSPS) is 11.1. The standard InChI is InChI=1S/C22H19N3O4/c1-27-18-10-8-16(9-11-18)25-12-4-6-17(25)14-23-24-22(26)20-13-15-5-3-7-19(28-2)21(15)29-20/h3-14H,1-2H3,(H,24,26)/b23-14+. The van der Waals surface area contributed by atoms with Crippen molar-refractivity contribution in [2.75, 3.05) is 14.2 Å². The van der Waals surface area contributed by atoms with Crippen LogP contribution in [0, 0.1) is 0 Å². The monoisotopic (exact) mass is 389 g/mol. The average Bonchev–Trinajstić information content (AvgIpc) is 3.40. The number of benzene rings is 2. The number of methoxy groups -OCH3 is 2. The van der Waals surface area contributed by atoms with Crippen LogP contribution in [-0.4, -0.2) is 30.9 Å². The summed E-state index contributed by atoms with van der Waals surface area (Å²) in [5, 5.41) is 4.85. The minimum atomic E-state index is -0.443. The fourth-order valence-corrected chi connectivity index (χ4v) is 3.00. The van der Waals surface area contributed by atoms with Crippen molar-refractivity contribution in [2.45, 2.75) is 0 Å². The molecule has 2 heterocycles.